The Morgan fingerprint density at radius 2 is 2.10 bits per heavy atom. The number of piperidine rings is 1. The molecule has 0 saturated carbocycles. The molecule has 3 nitrogen and oxygen atoms in total. The first-order chi connectivity index (χ1) is 9.65. The Labute approximate surface area is 116 Å². The Morgan fingerprint density at radius 3 is 2.85 bits per heavy atom. The van der Waals surface area contributed by atoms with Gasteiger partial charge in [0.1, 0.15) is 0 Å². The van der Waals surface area contributed by atoms with Crippen LogP contribution in [0.15, 0.2) is 30.7 Å². The minimum absolute atomic E-state index is 0.203. The van der Waals surface area contributed by atoms with Gasteiger partial charge in [-0.25, -0.2) is 13.8 Å². The Balaban J connectivity index is 1.95. The lowest BCUT2D eigenvalue weighted by Gasteiger charge is -2.29. The van der Waals surface area contributed by atoms with Crippen LogP contribution >= 0.6 is 0 Å². The maximum atomic E-state index is 13.4. The third kappa shape index (κ3) is 2.45. The van der Waals surface area contributed by atoms with Crippen LogP contribution in [0.2, 0.25) is 0 Å². The van der Waals surface area contributed by atoms with E-state index in [0.29, 0.717) is 11.7 Å². The molecule has 3 rings (SSSR count). The average molecular weight is 277 g/mol. The lowest BCUT2D eigenvalue weighted by Crippen LogP contribution is -2.35. The van der Waals surface area contributed by atoms with E-state index in [-0.39, 0.29) is 6.04 Å². The van der Waals surface area contributed by atoms with Gasteiger partial charge < -0.3 is 9.88 Å². The van der Waals surface area contributed by atoms with Crippen LogP contribution in [0.5, 0.6) is 0 Å². The van der Waals surface area contributed by atoms with E-state index in [0.717, 1.165) is 31.0 Å². The molecule has 2 atom stereocenters. The number of imidazole rings is 1. The van der Waals surface area contributed by atoms with Gasteiger partial charge in [0.15, 0.2) is 11.6 Å². The van der Waals surface area contributed by atoms with Crippen molar-refractivity contribution >= 4 is 0 Å². The molecule has 2 aromatic rings. The summed E-state index contributed by atoms with van der Waals surface area (Å²) in [5, 5.41) is 3.53. The lowest BCUT2D eigenvalue weighted by molar-refractivity contribution is 0.334. The molecule has 0 bridgehead atoms. The van der Waals surface area contributed by atoms with E-state index in [1.807, 2.05) is 4.57 Å². The second-order valence-corrected chi connectivity index (χ2v) is 5.34. The van der Waals surface area contributed by atoms with Crippen molar-refractivity contribution in [3.05, 3.63) is 48.1 Å². The number of nitrogens with zero attached hydrogens (tertiary/aromatic N) is 2. The summed E-state index contributed by atoms with van der Waals surface area (Å²) in [6, 6.07) is 4.57. The smallest absolute Gasteiger partial charge is 0.160 e. The van der Waals surface area contributed by atoms with Gasteiger partial charge in [-0.1, -0.05) is 0 Å². The summed E-state index contributed by atoms with van der Waals surface area (Å²) in [5.41, 5.74) is 1.58. The highest BCUT2D eigenvalue weighted by molar-refractivity contribution is 5.35. The third-order valence-corrected chi connectivity index (χ3v) is 3.82. The lowest BCUT2D eigenvalue weighted by atomic mass is 9.97. The molecular formula is C15H17F2N3. The largest absolute Gasteiger partial charge is 0.306 e. The highest BCUT2D eigenvalue weighted by Gasteiger charge is 2.22. The van der Waals surface area contributed by atoms with Gasteiger partial charge in [0.2, 0.25) is 0 Å². The van der Waals surface area contributed by atoms with Crippen LogP contribution < -0.4 is 5.32 Å². The van der Waals surface area contributed by atoms with Crippen molar-refractivity contribution in [1.29, 1.82) is 0 Å². The zero-order valence-corrected chi connectivity index (χ0v) is 11.3. The van der Waals surface area contributed by atoms with Gasteiger partial charge in [-0.3, -0.25) is 0 Å². The molecule has 5 heteroatoms. The van der Waals surface area contributed by atoms with Crippen LogP contribution in [0.25, 0.3) is 5.69 Å². The van der Waals surface area contributed by atoms with Crippen molar-refractivity contribution in [3.8, 4) is 5.69 Å². The number of aromatic nitrogens is 2. The maximum Gasteiger partial charge on any atom is 0.160 e. The van der Waals surface area contributed by atoms with Gasteiger partial charge in [0.05, 0.1) is 18.2 Å². The number of benzene rings is 1. The van der Waals surface area contributed by atoms with Crippen molar-refractivity contribution < 1.29 is 8.78 Å². The molecule has 0 radical (unpaired) electrons. The summed E-state index contributed by atoms with van der Waals surface area (Å²) in [6.45, 7) is 2.16. The molecule has 20 heavy (non-hydrogen) atoms. The third-order valence-electron chi connectivity index (χ3n) is 3.82. The molecular weight excluding hydrogens is 260 g/mol. The standard InChI is InChI=1S/C15H17F2N3/c1-10-3-2-4-14(19-10)15-8-18-9-20(15)11-5-6-12(16)13(17)7-11/h5-10,14,19H,2-4H2,1H3. The van der Waals surface area contributed by atoms with Gasteiger partial charge in [-0.05, 0) is 38.3 Å². The monoisotopic (exact) mass is 277 g/mol. The first kappa shape index (κ1) is 13.2. The molecule has 106 valence electrons. The summed E-state index contributed by atoms with van der Waals surface area (Å²) in [6.07, 6.45) is 6.78. The van der Waals surface area contributed by atoms with Gasteiger partial charge in [-0.15, -0.1) is 0 Å². The SMILES string of the molecule is CC1CCCC(c2cncn2-c2ccc(F)c(F)c2)N1. The van der Waals surface area contributed by atoms with Gasteiger partial charge in [0, 0.05) is 23.8 Å². The van der Waals surface area contributed by atoms with Crippen molar-refractivity contribution in [2.24, 2.45) is 0 Å². The van der Waals surface area contributed by atoms with E-state index in [9.17, 15) is 8.78 Å². The van der Waals surface area contributed by atoms with Crippen molar-refractivity contribution in [2.45, 2.75) is 38.3 Å². The van der Waals surface area contributed by atoms with E-state index in [1.54, 1.807) is 18.6 Å². The Morgan fingerprint density at radius 1 is 1.25 bits per heavy atom. The fourth-order valence-corrected chi connectivity index (χ4v) is 2.79. The topological polar surface area (TPSA) is 29.9 Å². The van der Waals surface area contributed by atoms with E-state index < -0.39 is 11.6 Å². The predicted octanol–water partition coefficient (Wildman–Crippen LogP) is 3.35. The van der Waals surface area contributed by atoms with E-state index in [4.69, 9.17) is 0 Å². The molecule has 1 saturated heterocycles. The molecule has 1 aliphatic rings. The molecule has 1 fully saturated rings. The summed E-state index contributed by atoms with van der Waals surface area (Å²) in [5.74, 6) is -1.67. The normalized spacial score (nSPS) is 22.9. The number of nitrogens with one attached hydrogen (secondary N) is 1. The fourth-order valence-electron chi connectivity index (χ4n) is 2.79. The van der Waals surface area contributed by atoms with Crippen molar-refractivity contribution in [3.63, 3.8) is 0 Å². The van der Waals surface area contributed by atoms with Gasteiger partial charge in [-0.2, -0.15) is 0 Å². The molecule has 1 aromatic heterocycles. The zero-order valence-electron chi connectivity index (χ0n) is 11.3. The van der Waals surface area contributed by atoms with Crippen LogP contribution in [-0.4, -0.2) is 15.6 Å². The molecule has 0 amide bonds. The summed E-state index contributed by atoms with van der Waals surface area (Å²) in [7, 11) is 0. The second-order valence-electron chi connectivity index (χ2n) is 5.34. The zero-order chi connectivity index (χ0) is 14.1. The Hall–Kier alpha value is -1.75. The van der Waals surface area contributed by atoms with Crippen LogP contribution in [-0.2, 0) is 0 Å². The minimum Gasteiger partial charge on any atom is -0.306 e. The van der Waals surface area contributed by atoms with Crippen LogP contribution in [0.4, 0.5) is 8.78 Å². The molecule has 2 unspecified atom stereocenters. The minimum atomic E-state index is -0.841. The van der Waals surface area contributed by atoms with Crippen LogP contribution in [0.3, 0.4) is 0 Å². The number of halogens is 2. The van der Waals surface area contributed by atoms with Crippen LogP contribution in [0.1, 0.15) is 37.9 Å². The first-order valence-corrected chi connectivity index (χ1v) is 6.89. The van der Waals surface area contributed by atoms with Crippen molar-refractivity contribution in [1.82, 2.24) is 14.9 Å². The second kappa shape index (κ2) is 5.32. The highest BCUT2D eigenvalue weighted by atomic mass is 19.2. The molecule has 1 aromatic carbocycles. The van der Waals surface area contributed by atoms with E-state index >= 15 is 0 Å². The van der Waals surface area contributed by atoms with Gasteiger partial charge >= 0.3 is 0 Å². The number of hydrogen-bond acceptors (Lipinski definition) is 2. The molecule has 0 aliphatic carbocycles. The predicted molar refractivity (Wildman–Crippen MR) is 72.7 cm³/mol. The summed E-state index contributed by atoms with van der Waals surface area (Å²) >= 11 is 0. The molecule has 0 spiro atoms. The average Bonchev–Trinajstić information content (AvgIpc) is 2.91. The molecule has 2 heterocycles. The Bertz CT molecular complexity index is 609. The number of rotatable bonds is 2. The maximum absolute atomic E-state index is 13.4. The first-order valence-electron chi connectivity index (χ1n) is 6.89. The van der Waals surface area contributed by atoms with E-state index in [1.165, 1.54) is 6.07 Å². The van der Waals surface area contributed by atoms with Gasteiger partial charge in [0.25, 0.3) is 0 Å². The quantitative estimate of drug-likeness (QED) is 0.912. The van der Waals surface area contributed by atoms with E-state index in [2.05, 4.69) is 17.2 Å². The van der Waals surface area contributed by atoms with Crippen LogP contribution in [0, 0.1) is 11.6 Å². The highest BCUT2D eigenvalue weighted by Crippen LogP contribution is 2.27. The number of hydrogen-bond donors (Lipinski definition) is 1. The molecule has 1 N–H and O–H groups in total. The molecule has 1 aliphatic heterocycles. The fraction of sp³-hybridized carbons (Fsp3) is 0.400. The Kier molecular flexibility index (Phi) is 3.53. The van der Waals surface area contributed by atoms with Crippen molar-refractivity contribution in [2.75, 3.05) is 0 Å². The summed E-state index contributed by atoms with van der Waals surface area (Å²) < 4.78 is 28.2. The summed E-state index contributed by atoms with van der Waals surface area (Å²) in [4.78, 5) is 4.16.